The summed E-state index contributed by atoms with van der Waals surface area (Å²) in [6.45, 7) is 3.67. The second-order valence-corrected chi connectivity index (χ2v) is 5.79. The zero-order valence-corrected chi connectivity index (χ0v) is 14.8. The largest absolute Gasteiger partial charge is 0.462 e. The number of rotatable bonds is 5. The van der Waals surface area contributed by atoms with Crippen LogP contribution in [0.1, 0.15) is 33.3 Å². The zero-order valence-electron chi connectivity index (χ0n) is 14.8. The average Bonchev–Trinajstić information content (AvgIpc) is 3.15. The maximum absolute atomic E-state index is 13.7. The second kappa shape index (κ2) is 7.82. The van der Waals surface area contributed by atoms with E-state index >= 15 is 0 Å². The predicted molar refractivity (Wildman–Crippen MR) is 97.0 cm³/mol. The number of carbonyl (C=O) groups is 2. The number of aryl methyl sites for hydroxylation is 1. The van der Waals surface area contributed by atoms with Gasteiger partial charge in [-0.2, -0.15) is 0 Å². The summed E-state index contributed by atoms with van der Waals surface area (Å²) >= 11 is 0. The molecule has 0 spiro atoms. The first-order valence-corrected chi connectivity index (χ1v) is 8.29. The summed E-state index contributed by atoms with van der Waals surface area (Å²) in [5, 5.41) is 6.38. The first-order valence-electron chi connectivity index (χ1n) is 8.29. The van der Waals surface area contributed by atoms with Crippen molar-refractivity contribution in [3.8, 4) is 11.3 Å². The van der Waals surface area contributed by atoms with Crippen LogP contribution in [0, 0.1) is 12.7 Å². The van der Waals surface area contributed by atoms with Gasteiger partial charge in [-0.3, -0.25) is 4.79 Å². The standard InChI is InChI=1S/C20H17FN2O4/c1-3-26-20(25)13-6-8-15(9-7-13)22-19(24)17-11-18(27-23-17)14-5-4-12(2)16(21)10-14/h4-11H,3H2,1-2H3,(H,22,24). The SMILES string of the molecule is CCOC(=O)c1ccc(NC(=O)c2cc(-c3ccc(C)c(F)c3)on2)cc1. The third-order valence-corrected chi connectivity index (χ3v) is 3.85. The van der Waals surface area contributed by atoms with Crippen molar-refractivity contribution >= 4 is 17.6 Å². The molecule has 0 radical (unpaired) electrons. The maximum atomic E-state index is 13.7. The number of hydrogen-bond donors (Lipinski definition) is 1. The molecular weight excluding hydrogens is 351 g/mol. The highest BCUT2D eigenvalue weighted by Gasteiger charge is 2.15. The summed E-state index contributed by atoms with van der Waals surface area (Å²) in [4.78, 5) is 23.9. The van der Waals surface area contributed by atoms with Gasteiger partial charge in [-0.25, -0.2) is 9.18 Å². The van der Waals surface area contributed by atoms with E-state index in [-0.39, 0.29) is 23.9 Å². The molecule has 0 fully saturated rings. The lowest BCUT2D eigenvalue weighted by molar-refractivity contribution is 0.0526. The Hall–Kier alpha value is -3.48. The van der Waals surface area contributed by atoms with Crippen molar-refractivity contribution in [3.63, 3.8) is 0 Å². The van der Waals surface area contributed by atoms with E-state index in [9.17, 15) is 14.0 Å². The van der Waals surface area contributed by atoms with Crippen LogP contribution in [-0.2, 0) is 4.74 Å². The van der Waals surface area contributed by atoms with E-state index in [4.69, 9.17) is 9.26 Å². The van der Waals surface area contributed by atoms with Crippen molar-refractivity contribution < 1.29 is 23.2 Å². The first kappa shape index (κ1) is 18.3. The number of amides is 1. The monoisotopic (exact) mass is 368 g/mol. The van der Waals surface area contributed by atoms with Gasteiger partial charge in [0.05, 0.1) is 12.2 Å². The smallest absolute Gasteiger partial charge is 0.338 e. The summed E-state index contributed by atoms with van der Waals surface area (Å²) < 4.78 is 23.7. The molecule has 7 heteroatoms. The fraction of sp³-hybridized carbons (Fsp3) is 0.150. The molecule has 0 atom stereocenters. The number of nitrogens with zero attached hydrogens (tertiary/aromatic N) is 1. The number of nitrogens with one attached hydrogen (secondary N) is 1. The van der Waals surface area contributed by atoms with Gasteiger partial charge in [-0.05, 0) is 49.7 Å². The molecule has 0 unspecified atom stereocenters. The lowest BCUT2D eigenvalue weighted by atomic mass is 10.1. The number of hydrogen-bond acceptors (Lipinski definition) is 5. The molecule has 1 amide bonds. The van der Waals surface area contributed by atoms with Crippen LogP contribution in [-0.4, -0.2) is 23.6 Å². The number of carbonyl (C=O) groups excluding carboxylic acids is 2. The number of anilines is 1. The van der Waals surface area contributed by atoms with Gasteiger partial charge in [0, 0.05) is 17.3 Å². The maximum Gasteiger partial charge on any atom is 0.338 e. The van der Waals surface area contributed by atoms with Crippen LogP contribution in [0.5, 0.6) is 0 Å². The molecule has 27 heavy (non-hydrogen) atoms. The molecule has 3 rings (SSSR count). The minimum Gasteiger partial charge on any atom is -0.462 e. The van der Waals surface area contributed by atoms with E-state index in [0.717, 1.165) is 0 Å². The van der Waals surface area contributed by atoms with Crippen LogP contribution in [0.3, 0.4) is 0 Å². The molecule has 6 nitrogen and oxygen atoms in total. The Kier molecular flexibility index (Phi) is 5.30. The van der Waals surface area contributed by atoms with Gasteiger partial charge in [0.2, 0.25) is 0 Å². The fourth-order valence-electron chi connectivity index (χ4n) is 2.36. The molecular formula is C20H17FN2O4. The van der Waals surface area contributed by atoms with Gasteiger partial charge in [-0.15, -0.1) is 0 Å². The van der Waals surface area contributed by atoms with Gasteiger partial charge in [0.15, 0.2) is 11.5 Å². The van der Waals surface area contributed by atoms with E-state index in [1.54, 1.807) is 50.2 Å². The minimum atomic E-state index is -0.485. The van der Waals surface area contributed by atoms with E-state index in [0.29, 0.717) is 22.4 Å². The molecule has 0 saturated heterocycles. The Labute approximate surface area is 154 Å². The van der Waals surface area contributed by atoms with Crippen molar-refractivity contribution in [1.29, 1.82) is 0 Å². The first-order chi connectivity index (χ1) is 13.0. The number of ether oxygens (including phenoxy) is 1. The molecule has 0 aliphatic carbocycles. The molecule has 3 aromatic rings. The molecule has 138 valence electrons. The third-order valence-electron chi connectivity index (χ3n) is 3.85. The topological polar surface area (TPSA) is 81.4 Å². The van der Waals surface area contributed by atoms with E-state index < -0.39 is 11.9 Å². The van der Waals surface area contributed by atoms with Crippen LogP contribution in [0.15, 0.2) is 53.1 Å². The molecule has 0 aliphatic heterocycles. The molecule has 0 aliphatic rings. The van der Waals surface area contributed by atoms with E-state index in [1.807, 2.05) is 0 Å². The predicted octanol–water partition coefficient (Wildman–Crippen LogP) is 4.22. The van der Waals surface area contributed by atoms with Crippen LogP contribution >= 0.6 is 0 Å². The lowest BCUT2D eigenvalue weighted by Crippen LogP contribution is -2.12. The highest BCUT2D eigenvalue weighted by molar-refractivity contribution is 6.03. The van der Waals surface area contributed by atoms with E-state index in [2.05, 4.69) is 10.5 Å². The molecule has 1 aromatic heterocycles. The third kappa shape index (κ3) is 4.20. The summed E-state index contributed by atoms with van der Waals surface area (Å²) in [5.41, 5.74) is 1.94. The van der Waals surface area contributed by atoms with E-state index in [1.165, 1.54) is 12.1 Å². The molecule has 0 saturated carbocycles. The molecule has 1 heterocycles. The molecule has 1 N–H and O–H groups in total. The second-order valence-electron chi connectivity index (χ2n) is 5.79. The van der Waals surface area contributed by atoms with Crippen LogP contribution in [0.25, 0.3) is 11.3 Å². The summed E-state index contributed by atoms with van der Waals surface area (Å²) in [6, 6.07) is 12.3. The zero-order chi connectivity index (χ0) is 19.4. The Morgan fingerprint density at radius 1 is 1.15 bits per heavy atom. The normalized spacial score (nSPS) is 10.5. The van der Waals surface area contributed by atoms with Gasteiger partial charge in [0.1, 0.15) is 5.82 Å². The number of halogens is 1. The van der Waals surface area contributed by atoms with Crippen LogP contribution in [0.2, 0.25) is 0 Å². The van der Waals surface area contributed by atoms with Crippen LogP contribution in [0.4, 0.5) is 10.1 Å². The summed E-state index contributed by atoms with van der Waals surface area (Å²) in [7, 11) is 0. The molecule has 2 aromatic carbocycles. The van der Waals surface area contributed by atoms with Gasteiger partial charge in [-0.1, -0.05) is 17.3 Å². The van der Waals surface area contributed by atoms with Crippen LogP contribution < -0.4 is 5.32 Å². The minimum absolute atomic E-state index is 0.0560. The Balaban J connectivity index is 1.71. The van der Waals surface area contributed by atoms with Crippen molar-refractivity contribution in [1.82, 2.24) is 5.16 Å². The number of benzene rings is 2. The summed E-state index contributed by atoms with van der Waals surface area (Å²) in [6.07, 6.45) is 0. The molecule has 0 bridgehead atoms. The van der Waals surface area contributed by atoms with Gasteiger partial charge < -0.3 is 14.6 Å². The van der Waals surface area contributed by atoms with Crippen molar-refractivity contribution in [2.75, 3.05) is 11.9 Å². The number of aromatic nitrogens is 1. The van der Waals surface area contributed by atoms with Gasteiger partial charge >= 0.3 is 5.97 Å². The highest BCUT2D eigenvalue weighted by atomic mass is 19.1. The van der Waals surface area contributed by atoms with Crippen molar-refractivity contribution in [3.05, 3.63) is 71.2 Å². The quantitative estimate of drug-likeness (QED) is 0.682. The fourth-order valence-corrected chi connectivity index (χ4v) is 2.36. The highest BCUT2D eigenvalue weighted by Crippen LogP contribution is 2.23. The Morgan fingerprint density at radius 2 is 1.89 bits per heavy atom. The lowest BCUT2D eigenvalue weighted by Gasteiger charge is -2.05. The summed E-state index contributed by atoms with van der Waals surface area (Å²) in [5.74, 6) is -0.989. The van der Waals surface area contributed by atoms with Crippen molar-refractivity contribution in [2.24, 2.45) is 0 Å². The van der Waals surface area contributed by atoms with Crippen molar-refractivity contribution in [2.45, 2.75) is 13.8 Å². The Bertz CT molecular complexity index is 980. The average molecular weight is 368 g/mol. The number of esters is 1. The Morgan fingerprint density at radius 3 is 2.56 bits per heavy atom. The van der Waals surface area contributed by atoms with Gasteiger partial charge in [0.25, 0.3) is 5.91 Å².